The van der Waals surface area contributed by atoms with Gasteiger partial charge in [-0.15, -0.1) is 0 Å². The monoisotopic (exact) mass is 427 g/mol. The number of anilines is 1. The first-order valence-corrected chi connectivity index (χ1v) is 12.0. The van der Waals surface area contributed by atoms with Crippen molar-refractivity contribution in [1.82, 2.24) is 0 Å². The molecule has 1 aliphatic rings. The van der Waals surface area contributed by atoms with E-state index in [-0.39, 0.29) is 0 Å². The van der Waals surface area contributed by atoms with Gasteiger partial charge in [0.1, 0.15) is 5.75 Å². The molecule has 32 heavy (non-hydrogen) atoms. The van der Waals surface area contributed by atoms with Crippen LogP contribution >= 0.6 is 0 Å². The van der Waals surface area contributed by atoms with Gasteiger partial charge in [-0.3, -0.25) is 0 Å². The number of hydrogen-bond donors (Lipinski definition) is 0. The molecule has 0 saturated heterocycles. The fraction of sp³-hybridized carbons (Fsp3) is 0.400. The zero-order valence-corrected chi connectivity index (χ0v) is 20.5. The maximum Gasteiger partial charge on any atom is 0.123 e. The Balaban J connectivity index is 1.54. The van der Waals surface area contributed by atoms with Crippen LogP contribution < -0.4 is 9.64 Å². The van der Waals surface area contributed by atoms with E-state index in [0.29, 0.717) is 17.8 Å². The molecule has 0 saturated carbocycles. The highest BCUT2D eigenvalue weighted by Crippen LogP contribution is 2.41. The van der Waals surface area contributed by atoms with Gasteiger partial charge in [0.05, 0.1) is 6.61 Å². The molecule has 0 radical (unpaired) electrons. The second kappa shape index (κ2) is 9.40. The highest BCUT2D eigenvalue weighted by Gasteiger charge is 2.22. The highest BCUT2D eigenvalue weighted by molar-refractivity contribution is 5.96. The van der Waals surface area contributed by atoms with E-state index in [1.165, 1.54) is 38.7 Å². The van der Waals surface area contributed by atoms with Crippen LogP contribution in [-0.2, 0) is 0 Å². The standard InChI is InChI=1S/C30H37NO/c1-20(2)23-15-17-29(30-22(4)10-9-13-27(23)30)32-19-18-21(3)24-14-16-28(31(5)6)26-12-8-7-11-25(24)26/h7-9,11-17,20-22H,10,18-19H2,1-6H3. The van der Waals surface area contributed by atoms with Crippen molar-refractivity contribution in [2.75, 3.05) is 25.6 Å². The third-order valence-electron chi connectivity index (χ3n) is 6.93. The summed E-state index contributed by atoms with van der Waals surface area (Å²) < 4.78 is 6.43. The van der Waals surface area contributed by atoms with Gasteiger partial charge in [-0.25, -0.2) is 0 Å². The molecular weight excluding hydrogens is 390 g/mol. The number of fused-ring (bicyclic) bond motifs is 2. The smallest absolute Gasteiger partial charge is 0.123 e. The Morgan fingerprint density at radius 1 is 0.938 bits per heavy atom. The number of nitrogens with zero attached hydrogens (tertiary/aromatic N) is 1. The normalized spacial score (nSPS) is 16.3. The molecule has 0 aromatic heterocycles. The van der Waals surface area contributed by atoms with Crippen molar-refractivity contribution in [2.24, 2.45) is 0 Å². The van der Waals surface area contributed by atoms with E-state index < -0.39 is 0 Å². The number of benzene rings is 3. The van der Waals surface area contributed by atoms with Crippen molar-refractivity contribution >= 4 is 22.5 Å². The van der Waals surface area contributed by atoms with E-state index in [4.69, 9.17) is 4.74 Å². The third kappa shape index (κ3) is 4.28. The van der Waals surface area contributed by atoms with Gasteiger partial charge in [0.25, 0.3) is 0 Å². The fourth-order valence-electron chi connectivity index (χ4n) is 5.09. The molecule has 4 rings (SSSR count). The average Bonchev–Trinajstić information content (AvgIpc) is 2.78. The van der Waals surface area contributed by atoms with E-state index >= 15 is 0 Å². The van der Waals surface area contributed by atoms with Crippen molar-refractivity contribution in [3.8, 4) is 5.75 Å². The molecule has 2 heteroatoms. The van der Waals surface area contributed by atoms with Crippen LogP contribution in [0.4, 0.5) is 5.69 Å². The maximum absolute atomic E-state index is 6.43. The van der Waals surface area contributed by atoms with Crippen molar-refractivity contribution < 1.29 is 4.74 Å². The summed E-state index contributed by atoms with van der Waals surface area (Å²) in [6.07, 6.45) is 6.70. The molecule has 1 aliphatic carbocycles. The highest BCUT2D eigenvalue weighted by atomic mass is 16.5. The number of hydrogen-bond acceptors (Lipinski definition) is 2. The Morgan fingerprint density at radius 2 is 1.66 bits per heavy atom. The first-order valence-electron chi connectivity index (χ1n) is 12.0. The zero-order chi connectivity index (χ0) is 22.8. The molecule has 0 heterocycles. The number of allylic oxidation sites excluding steroid dienone is 1. The minimum atomic E-state index is 0.430. The molecule has 3 aromatic rings. The van der Waals surface area contributed by atoms with Crippen LogP contribution in [0.3, 0.4) is 0 Å². The molecule has 0 amide bonds. The summed E-state index contributed by atoms with van der Waals surface area (Å²) in [6, 6.07) is 17.8. The van der Waals surface area contributed by atoms with Crippen LogP contribution in [-0.4, -0.2) is 20.7 Å². The second-order valence-corrected chi connectivity index (χ2v) is 9.83. The summed E-state index contributed by atoms with van der Waals surface area (Å²) in [5.41, 5.74) is 6.88. The summed E-state index contributed by atoms with van der Waals surface area (Å²) in [7, 11) is 4.22. The topological polar surface area (TPSA) is 12.5 Å². The molecule has 0 fully saturated rings. The number of rotatable bonds is 7. The predicted octanol–water partition coefficient (Wildman–Crippen LogP) is 8.12. The van der Waals surface area contributed by atoms with Gasteiger partial charge >= 0.3 is 0 Å². The largest absolute Gasteiger partial charge is 0.493 e. The molecule has 3 aromatic carbocycles. The van der Waals surface area contributed by atoms with E-state index in [9.17, 15) is 0 Å². The zero-order valence-electron chi connectivity index (χ0n) is 20.5. The van der Waals surface area contributed by atoms with Gasteiger partial charge in [-0.05, 0) is 64.8 Å². The molecular formula is C30H37NO. The summed E-state index contributed by atoms with van der Waals surface area (Å²) in [5.74, 6) is 2.52. The van der Waals surface area contributed by atoms with E-state index in [1.54, 1.807) is 0 Å². The van der Waals surface area contributed by atoms with Crippen LogP contribution in [0, 0.1) is 0 Å². The van der Waals surface area contributed by atoms with Crippen LogP contribution in [0.15, 0.2) is 54.6 Å². The molecule has 0 N–H and O–H groups in total. The summed E-state index contributed by atoms with van der Waals surface area (Å²) in [6.45, 7) is 9.92. The van der Waals surface area contributed by atoms with Crippen LogP contribution in [0.5, 0.6) is 5.75 Å². The molecule has 168 valence electrons. The lowest BCUT2D eigenvalue weighted by Crippen LogP contribution is -2.11. The third-order valence-corrected chi connectivity index (χ3v) is 6.93. The Labute approximate surface area is 193 Å². The van der Waals surface area contributed by atoms with Crippen molar-refractivity contribution in [1.29, 1.82) is 0 Å². The maximum atomic E-state index is 6.43. The first-order chi connectivity index (χ1) is 15.4. The Hall–Kier alpha value is -2.74. The minimum absolute atomic E-state index is 0.430. The quantitative estimate of drug-likeness (QED) is 0.377. The van der Waals surface area contributed by atoms with Crippen LogP contribution in [0.1, 0.15) is 80.5 Å². The van der Waals surface area contributed by atoms with Crippen molar-refractivity contribution in [3.63, 3.8) is 0 Å². The summed E-state index contributed by atoms with van der Waals surface area (Å²) in [4.78, 5) is 2.19. The first kappa shape index (κ1) is 22.5. The fourth-order valence-corrected chi connectivity index (χ4v) is 5.09. The molecule has 2 atom stereocenters. The van der Waals surface area contributed by atoms with Gasteiger partial charge in [0, 0.05) is 30.7 Å². The molecule has 2 unspecified atom stereocenters. The Bertz CT molecular complexity index is 1130. The van der Waals surface area contributed by atoms with E-state index in [0.717, 1.165) is 25.2 Å². The lowest BCUT2D eigenvalue weighted by atomic mass is 9.82. The van der Waals surface area contributed by atoms with Gasteiger partial charge in [-0.2, -0.15) is 0 Å². The summed E-state index contributed by atoms with van der Waals surface area (Å²) >= 11 is 0. The SMILES string of the molecule is CC(C)c1ccc(OCCC(C)c2ccc(N(C)C)c3ccccc23)c2c1C=CCC2C. The van der Waals surface area contributed by atoms with Gasteiger partial charge in [0.2, 0.25) is 0 Å². The van der Waals surface area contributed by atoms with E-state index in [1.807, 2.05) is 0 Å². The predicted molar refractivity (Wildman–Crippen MR) is 139 cm³/mol. The van der Waals surface area contributed by atoms with Crippen LogP contribution in [0.25, 0.3) is 16.8 Å². The second-order valence-electron chi connectivity index (χ2n) is 9.83. The Morgan fingerprint density at radius 3 is 2.38 bits per heavy atom. The summed E-state index contributed by atoms with van der Waals surface area (Å²) in [5, 5.41) is 2.67. The molecule has 0 aliphatic heterocycles. The van der Waals surface area contributed by atoms with E-state index in [2.05, 4.69) is 107 Å². The molecule has 2 nitrogen and oxygen atoms in total. The van der Waals surface area contributed by atoms with Gasteiger partial charge in [0.15, 0.2) is 0 Å². The average molecular weight is 428 g/mol. The Kier molecular flexibility index (Phi) is 6.60. The van der Waals surface area contributed by atoms with Crippen molar-refractivity contribution in [3.05, 3.63) is 76.9 Å². The van der Waals surface area contributed by atoms with Crippen LogP contribution in [0.2, 0.25) is 0 Å². The molecule has 0 bridgehead atoms. The molecule has 0 spiro atoms. The lowest BCUT2D eigenvalue weighted by Gasteiger charge is -2.26. The van der Waals surface area contributed by atoms with Gasteiger partial charge < -0.3 is 9.64 Å². The van der Waals surface area contributed by atoms with Crippen molar-refractivity contribution in [2.45, 2.75) is 58.3 Å². The van der Waals surface area contributed by atoms with Gasteiger partial charge in [-0.1, -0.05) is 76.2 Å². The minimum Gasteiger partial charge on any atom is -0.493 e. The lowest BCUT2D eigenvalue weighted by molar-refractivity contribution is 0.296. The number of ether oxygens (including phenoxy) is 1.